The summed E-state index contributed by atoms with van der Waals surface area (Å²) in [7, 11) is 0. The number of allylic oxidation sites excluding steroid dienone is 2. The Morgan fingerprint density at radius 3 is 2.19 bits per heavy atom. The van der Waals surface area contributed by atoms with Crippen molar-refractivity contribution in [1.82, 2.24) is 10.2 Å². The Kier molecular flexibility index (Phi) is 5.02. The molecule has 0 aromatic carbocycles. The lowest BCUT2D eigenvalue weighted by molar-refractivity contribution is -0.155. The zero-order valence-corrected chi connectivity index (χ0v) is 15.4. The molecule has 0 spiro atoms. The second-order valence-electron chi connectivity index (χ2n) is 8.18. The van der Waals surface area contributed by atoms with Gasteiger partial charge in [-0.2, -0.15) is 0 Å². The van der Waals surface area contributed by atoms with Gasteiger partial charge in [0.15, 0.2) is 6.61 Å². The average Bonchev–Trinajstić information content (AvgIpc) is 3.25. The number of imide groups is 1. The van der Waals surface area contributed by atoms with Gasteiger partial charge in [-0.1, -0.05) is 37.8 Å². The van der Waals surface area contributed by atoms with Crippen molar-refractivity contribution in [2.75, 3.05) is 13.2 Å². The fourth-order valence-electron chi connectivity index (χ4n) is 5.13. The Hall–Kier alpha value is -2.18. The second kappa shape index (κ2) is 7.44. The number of amides is 3. The minimum absolute atomic E-state index is 0.114. The molecule has 2 bridgehead atoms. The number of esters is 1. The summed E-state index contributed by atoms with van der Waals surface area (Å²) in [5.74, 6) is -2.01. The number of hydrogen-bond donors (Lipinski definition) is 1. The van der Waals surface area contributed by atoms with Crippen molar-refractivity contribution in [3.8, 4) is 0 Å². The first-order valence-corrected chi connectivity index (χ1v) is 10.0. The molecule has 0 unspecified atom stereocenters. The summed E-state index contributed by atoms with van der Waals surface area (Å²) in [5, 5.41) is 2.91. The van der Waals surface area contributed by atoms with Crippen LogP contribution in [-0.2, 0) is 23.9 Å². The number of fused-ring (bicyclic) bond motifs is 5. The molecule has 3 aliphatic carbocycles. The second-order valence-corrected chi connectivity index (χ2v) is 8.18. The van der Waals surface area contributed by atoms with Gasteiger partial charge in [0.05, 0.1) is 11.8 Å². The molecule has 146 valence electrons. The normalized spacial score (nSPS) is 32.5. The SMILES string of the molecule is O=C(COC(=O)CN1C(=O)[C@@H]2[C@@H](C1=O)[C@H]1C=C[C@H]2C1)NC1CCCCCC1. The van der Waals surface area contributed by atoms with Crippen molar-refractivity contribution < 1.29 is 23.9 Å². The zero-order valence-electron chi connectivity index (χ0n) is 15.4. The topological polar surface area (TPSA) is 92.8 Å². The van der Waals surface area contributed by atoms with Crippen LogP contribution in [0.2, 0.25) is 0 Å². The Morgan fingerprint density at radius 2 is 1.59 bits per heavy atom. The third-order valence-electron chi connectivity index (χ3n) is 6.43. The van der Waals surface area contributed by atoms with Crippen LogP contribution in [0, 0.1) is 23.7 Å². The maximum absolute atomic E-state index is 12.5. The minimum atomic E-state index is -0.715. The molecule has 7 nitrogen and oxygen atoms in total. The number of ether oxygens (including phenoxy) is 1. The van der Waals surface area contributed by atoms with E-state index in [1.807, 2.05) is 12.2 Å². The van der Waals surface area contributed by atoms with Crippen LogP contribution < -0.4 is 5.32 Å². The van der Waals surface area contributed by atoms with E-state index in [1.165, 1.54) is 12.8 Å². The van der Waals surface area contributed by atoms with Gasteiger partial charge in [0.25, 0.3) is 5.91 Å². The lowest BCUT2D eigenvalue weighted by Crippen LogP contribution is -2.40. The molecule has 2 saturated carbocycles. The zero-order chi connectivity index (χ0) is 19.0. The molecule has 0 radical (unpaired) electrons. The number of hydrogen-bond acceptors (Lipinski definition) is 5. The van der Waals surface area contributed by atoms with E-state index in [4.69, 9.17) is 4.74 Å². The number of rotatable bonds is 5. The molecule has 3 amide bonds. The van der Waals surface area contributed by atoms with Crippen LogP contribution in [0.15, 0.2) is 12.2 Å². The van der Waals surface area contributed by atoms with Gasteiger partial charge in [-0.25, -0.2) is 0 Å². The van der Waals surface area contributed by atoms with E-state index in [2.05, 4.69) is 5.32 Å². The van der Waals surface area contributed by atoms with Crippen molar-refractivity contribution in [3.63, 3.8) is 0 Å². The van der Waals surface area contributed by atoms with Crippen LogP contribution in [0.3, 0.4) is 0 Å². The summed E-state index contributed by atoms with van der Waals surface area (Å²) < 4.78 is 5.01. The summed E-state index contributed by atoms with van der Waals surface area (Å²) in [4.78, 5) is 50.2. The number of carbonyl (C=O) groups is 4. The lowest BCUT2D eigenvalue weighted by atomic mass is 9.85. The highest BCUT2D eigenvalue weighted by Gasteiger charge is 2.59. The maximum atomic E-state index is 12.5. The molecular weight excluding hydrogens is 348 g/mol. The lowest BCUT2D eigenvalue weighted by Gasteiger charge is -2.18. The van der Waals surface area contributed by atoms with Gasteiger partial charge in [0.1, 0.15) is 6.54 Å². The first-order chi connectivity index (χ1) is 13.0. The summed E-state index contributed by atoms with van der Waals surface area (Å²) in [5.41, 5.74) is 0. The molecule has 4 rings (SSSR count). The summed E-state index contributed by atoms with van der Waals surface area (Å²) in [6.45, 7) is -0.772. The fraction of sp³-hybridized carbons (Fsp3) is 0.700. The molecule has 4 atom stereocenters. The Bertz CT molecular complexity index is 650. The van der Waals surface area contributed by atoms with Crippen molar-refractivity contribution >= 4 is 23.7 Å². The van der Waals surface area contributed by atoms with E-state index in [0.29, 0.717) is 0 Å². The molecule has 0 aromatic heterocycles. The van der Waals surface area contributed by atoms with Gasteiger partial charge in [-0.3, -0.25) is 24.1 Å². The van der Waals surface area contributed by atoms with Crippen LogP contribution in [0.5, 0.6) is 0 Å². The molecule has 27 heavy (non-hydrogen) atoms. The van der Waals surface area contributed by atoms with E-state index in [1.54, 1.807) is 0 Å². The van der Waals surface area contributed by atoms with Gasteiger partial charge in [-0.15, -0.1) is 0 Å². The van der Waals surface area contributed by atoms with Gasteiger partial charge in [0.2, 0.25) is 11.8 Å². The van der Waals surface area contributed by atoms with Gasteiger partial charge >= 0.3 is 5.97 Å². The molecule has 1 aliphatic heterocycles. The third kappa shape index (κ3) is 3.51. The standard InChI is InChI=1S/C20H26N2O5/c23-15(21-14-5-3-1-2-4-6-14)11-27-16(24)10-22-19(25)17-12-7-8-13(9-12)18(17)20(22)26/h7-8,12-14,17-18H,1-6,9-11H2,(H,21,23)/t12-,13-,17-,18-/m0/s1. The molecule has 1 saturated heterocycles. The highest BCUT2D eigenvalue weighted by atomic mass is 16.5. The fourth-order valence-corrected chi connectivity index (χ4v) is 5.13. The number of carbonyl (C=O) groups excluding carboxylic acids is 4. The first kappa shape index (κ1) is 18.2. The maximum Gasteiger partial charge on any atom is 0.326 e. The van der Waals surface area contributed by atoms with E-state index >= 15 is 0 Å². The largest absolute Gasteiger partial charge is 0.454 e. The number of nitrogens with zero attached hydrogens (tertiary/aromatic N) is 1. The van der Waals surface area contributed by atoms with Crippen LogP contribution in [-0.4, -0.2) is 47.8 Å². The van der Waals surface area contributed by atoms with E-state index < -0.39 is 12.5 Å². The van der Waals surface area contributed by atoms with Crippen LogP contribution in [0.1, 0.15) is 44.9 Å². The molecule has 3 fully saturated rings. The smallest absolute Gasteiger partial charge is 0.326 e. The Morgan fingerprint density at radius 1 is 1.00 bits per heavy atom. The van der Waals surface area contributed by atoms with Crippen molar-refractivity contribution in [3.05, 3.63) is 12.2 Å². The van der Waals surface area contributed by atoms with Crippen LogP contribution in [0.25, 0.3) is 0 Å². The van der Waals surface area contributed by atoms with Crippen molar-refractivity contribution in [2.45, 2.75) is 51.0 Å². The molecule has 4 aliphatic rings. The summed E-state index contributed by atoms with van der Waals surface area (Å²) in [6, 6.07) is 0.141. The molecule has 7 heteroatoms. The third-order valence-corrected chi connectivity index (χ3v) is 6.43. The van der Waals surface area contributed by atoms with Crippen LogP contribution in [0.4, 0.5) is 0 Å². The summed E-state index contributed by atoms with van der Waals surface area (Å²) in [6.07, 6.45) is 11.4. The van der Waals surface area contributed by atoms with Gasteiger partial charge < -0.3 is 10.1 Å². The number of likely N-dealkylation sites (tertiary alicyclic amines) is 1. The molecule has 1 N–H and O–H groups in total. The van der Waals surface area contributed by atoms with Gasteiger partial charge in [-0.05, 0) is 31.1 Å². The van der Waals surface area contributed by atoms with E-state index in [0.717, 1.165) is 37.0 Å². The Balaban J connectivity index is 1.24. The quantitative estimate of drug-likeness (QED) is 0.338. The number of nitrogens with one attached hydrogen (secondary N) is 1. The van der Waals surface area contributed by atoms with Crippen molar-refractivity contribution in [1.29, 1.82) is 0 Å². The first-order valence-electron chi connectivity index (χ1n) is 10.0. The minimum Gasteiger partial charge on any atom is -0.454 e. The van der Waals surface area contributed by atoms with E-state index in [-0.39, 0.29) is 54.0 Å². The highest BCUT2D eigenvalue weighted by Crippen LogP contribution is 2.52. The molecular formula is C20H26N2O5. The molecule has 0 aromatic rings. The predicted molar refractivity (Wildman–Crippen MR) is 95.0 cm³/mol. The Labute approximate surface area is 158 Å². The summed E-state index contributed by atoms with van der Waals surface area (Å²) >= 11 is 0. The molecule has 1 heterocycles. The average molecular weight is 374 g/mol. The van der Waals surface area contributed by atoms with Crippen LogP contribution >= 0.6 is 0 Å². The van der Waals surface area contributed by atoms with Gasteiger partial charge in [0, 0.05) is 6.04 Å². The highest BCUT2D eigenvalue weighted by molar-refractivity contribution is 6.08. The monoisotopic (exact) mass is 374 g/mol. The van der Waals surface area contributed by atoms with Crippen molar-refractivity contribution in [2.24, 2.45) is 23.7 Å². The van der Waals surface area contributed by atoms with E-state index in [9.17, 15) is 19.2 Å². The predicted octanol–water partition coefficient (Wildman–Crippen LogP) is 1.18.